The van der Waals surface area contributed by atoms with Crippen molar-refractivity contribution in [1.82, 2.24) is 14.9 Å². The molecule has 4 rings (SSSR count). The van der Waals surface area contributed by atoms with E-state index in [1.54, 1.807) is 12.1 Å². The van der Waals surface area contributed by atoms with E-state index in [9.17, 15) is 9.18 Å². The van der Waals surface area contributed by atoms with Crippen molar-refractivity contribution < 1.29 is 13.9 Å². The largest absolute Gasteiger partial charge is 0.444 e. The van der Waals surface area contributed by atoms with E-state index >= 15 is 0 Å². The number of halogens is 1. The monoisotopic (exact) mass is 424 g/mol. The number of imidazole rings is 1. The van der Waals surface area contributed by atoms with Gasteiger partial charge in [0.2, 0.25) is 5.95 Å². The molecular weight excluding hydrogens is 395 g/mol. The summed E-state index contributed by atoms with van der Waals surface area (Å²) in [4.78, 5) is 19.4. The number of carbonyl (C=O) groups is 1. The first kappa shape index (κ1) is 21.2. The molecule has 1 aromatic heterocycles. The first-order valence-corrected chi connectivity index (χ1v) is 10.7. The minimum Gasteiger partial charge on any atom is -0.444 e. The summed E-state index contributed by atoms with van der Waals surface area (Å²) in [5, 5.41) is 3.00. The van der Waals surface area contributed by atoms with E-state index in [0.29, 0.717) is 13.1 Å². The Hall–Kier alpha value is -3.09. The highest BCUT2D eigenvalue weighted by Gasteiger charge is 2.27. The number of hydrogen-bond donors (Lipinski definition) is 1. The maximum absolute atomic E-state index is 13.4. The molecule has 1 atom stereocenters. The Balaban J connectivity index is 1.58. The Labute approximate surface area is 182 Å². The minimum atomic E-state index is -0.526. The molecule has 1 aliphatic rings. The molecule has 0 aliphatic carbocycles. The Morgan fingerprint density at radius 3 is 2.68 bits per heavy atom. The Morgan fingerprint density at radius 2 is 1.94 bits per heavy atom. The minimum absolute atomic E-state index is 0.0114. The lowest BCUT2D eigenvalue weighted by molar-refractivity contribution is 0.0500. The number of amides is 1. The van der Waals surface area contributed by atoms with Crippen molar-refractivity contribution >= 4 is 23.1 Å². The van der Waals surface area contributed by atoms with E-state index in [-0.39, 0.29) is 18.0 Å². The summed E-state index contributed by atoms with van der Waals surface area (Å²) in [6.45, 7) is 7.69. The molecule has 0 spiro atoms. The maximum atomic E-state index is 13.4. The molecule has 0 saturated carbocycles. The highest BCUT2D eigenvalue weighted by molar-refractivity contribution is 5.79. The number of ether oxygens (including phenoxy) is 1. The van der Waals surface area contributed by atoms with Crippen LogP contribution in [0.1, 0.15) is 39.2 Å². The molecule has 1 unspecified atom stereocenters. The van der Waals surface area contributed by atoms with Crippen molar-refractivity contribution in [2.45, 2.75) is 51.8 Å². The number of hydrogen-bond acceptors (Lipinski definition) is 4. The molecule has 164 valence electrons. The molecule has 0 bridgehead atoms. The standard InChI is InChI=1S/C24H29FN4O2/c1-24(2,3)31-23(30)26-19-7-6-14-28(16-19)22-27-20-8-4-5-9-21(20)29(22)15-17-10-12-18(25)13-11-17/h4-5,8-13,19H,6-7,14-16H2,1-3H3,(H,26,30). The molecule has 2 heterocycles. The number of nitrogens with zero attached hydrogens (tertiary/aromatic N) is 3. The van der Waals surface area contributed by atoms with Crippen molar-refractivity contribution in [3.63, 3.8) is 0 Å². The zero-order valence-electron chi connectivity index (χ0n) is 18.3. The van der Waals surface area contributed by atoms with Gasteiger partial charge in [0.05, 0.1) is 17.6 Å². The van der Waals surface area contributed by atoms with Crippen molar-refractivity contribution in [3.05, 3.63) is 59.9 Å². The van der Waals surface area contributed by atoms with Crippen LogP contribution in [0.5, 0.6) is 0 Å². The van der Waals surface area contributed by atoms with Crippen LogP contribution in [0.15, 0.2) is 48.5 Å². The molecule has 1 N–H and O–H groups in total. The van der Waals surface area contributed by atoms with E-state index in [4.69, 9.17) is 9.72 Å². The van der Waals surface area contributed by atoms with Gasteiger partial charge < -0.3 is 19.5 Å². The molecule has 1 amide bonds. The fraction of sp³-hybridized carbons (Fsp3) is 0.417. The second kappa shape index (κ2) is 8.57. The normalized spacial score (nSPS) is 17.0. The van der Waals surface area contributed by atoms with Gasteiger partial charge in [-0.15, -0.1) is 0 Å². The highest BCUT2D eigenvalue weighted by Crippen LogP contribution is 2.26. The first-order valence-electron chi connectivity index (χ1n) is 10.7. The number of benzene rings is 2. The quantitative estimate of drug-likeness (QED) is 0.659. The molecule has 0 radical (unpaired) electrons. The van der Waals surface area contributed by atoms with Gasteiger partial charge in [0, 0.05) is 19.1 Å². The topological polar surface area (TPSA) is 59.4 Å². The van der Waals surface area contributed by atoms with Gasteiger partial charge in [-0.2, -0.15) is 0 Å². The zero-order chi connectivity index (χ0) is 22.0. The van der Waals surface area contributed by atoms with Crippen LogP contribution in [0.2, 0.25) is 0 Å². The van der Waals surface area contributed by atoms with Crippen LogP contribution in [0.4, 0.5) is 15.1 Å². The molecule has 31 heavy (non-hydrogen) atoms. The predicted octanol–water partition coefficient (Wildman–Crippen LogP) is 4.72. The van der Waals surface area contributed by atoms with E-state index in [0.717, 1.165) is 41.9 Å². The Morgan fingerprint density at radius 1 is 1.19 bits per heavy atom. The van der Waals surface area contributed by atoms with Crippen molar-refractivity contribution in [2.75, 3.05) is 18.0 Å². The third kappa shape index (κ3) is 5.16. The number of piperidine rings is 1. The number of aromatic nitrogens is 2. The van der Waals surface area contributed by atoms with E-state index in [2.05, 4.69) is 20.9 Å². The number of fused-ring (bicyclic) bond motifs is 1. The lowest BCUT2D eigenvalue weighted by Gasteiger charge is -2.34. The van der Waals surface area contributed by atoms with Gasteiger partial charge in [0.15, 0.2) is 0 Å². The number of rotatable bonds is 4. The van der Waals surface area contributed by atoms with Gasteiger partial charge in [0.25, 0.3) is 0 Å². The zero-order valence-corrected chi connectivity index (χ0v) is 18.3. The summed E-state index contributed by atoms with van der Waals surface area (Å²) < 4.78 is 21.0. The van der Waals surface area contributed by atoms with Crippen LogP contribution in [0.25, 0.3) is 11.0 Å². The second-order valence-corrected chi connectivity index (χ2v) is 9.04. The SMILES string of the molecule is CC(C)(C)OC(=O)NC1CCCN(c2nc3ccccc3n2Cc2ccc(F)cc2)C1. The van der Waals surface area contributed by atoms with Crippen LogP contribution >= 0.6 is 0 Å². The van der Waals surface area contributed by atoms with Crippen molar-refractivity contribution in [1.29, 1.82) is 0 Å². The first-order chi connectivity index (χ1) is 14.8. The molecule has 1 saturated heterocycles. The second-order valence-electron chi connectivity index (χ2n) is 9.04. The van der Waals surface area contributed by atoms with E-state index in [1.807, 2.05) is 39.0 Å². The number of anilines is 1. The predicted molar refractivity (Wildman–Crippen MR) is 120 cm³/mol. The molecule has 1 fully saturated rings. The molecule has 7 heteroatoms. The lowest BCUT2D eigenvalue weighted by atomic mass is 10.1. The molecule has 1 aliphatic heterocycles. The van der Waals surface area contributed by atoms with Crippen LogP contribution in [0.3, 0.4) is 0 Å². The fourth-order valence-electron chi connectivity index (χ4n) is 3.98. The van der Waals surface area contributed by atoms with Crippen LogP contribution < -0.4 is 10.2 Å². The van der Waals surface area contributed by atoms with Gasteiger partial charge in [-0.25, -0.2) is 14.2 Å². The third-order valence-electron chi connectivity index (χ3n) is 5.31. The summed E-state index contributed by atoms with van der Waals surface area (Å²) >= 11 is 0. The third-order valence-corrected chi connectivity index (χ3v) is 5.31. The van der Waals surface area contributed by atoms with Gasteiger partial charge >= 0.3 is 6.09 Å². The van der Waals surface area contributed by atoms with E-state index < -0.39 is 5.60 Å². The number of carbonyl (C=O) groups excluding carboxylic acids is 1. The Kier molecular flexibility index (Phi) is 5.85. The summed E-state index contributed by atoms with van der Waals surface area (Å²) in [6, 6.07) is 14.6. The van der Waals surface area contributed by atoms with Crippen LogP contribution in [0, 0.1) is 5.82 Å². The van der Waals surface area contributed by atoms with Gasteiger partial charge in [-0.05, 0) is 63.4 Å². The Bertz CT molecular complexity index is 1060. The van der Waals surface area contributed by atoms with Gasteiger partial charge in [-0.1, -0.05) is 24.3 Å². The maximum Gasteiger partial charge on any atom is 0.407 e. The summed E-state index contributed by atoms with van der Waals surface area (Å²) in [6.07, 6.45) is 1.45. The summed E-state index contributed by atoms with van der Waals surface area (Å²) in [5.41, 5.74) is 2.43. The lowest BCUT2D eigenvalue weighted by Crippen LogP contribution is -2.49. The molecule has 2 aromatic carbocycles. The van der Waals surface area contributed by atoms with Gasteiger partial charge in [0.1, 0.15) is 11.4 Å². The molecule has 3 aromatic rings. The van der Waals surface area contributed by atoms with E-state index in [1.165, 1.54) is 12.1 Å². The van der Waals surface area contributed by atoms with Gasteiger partial charge in [-0.3, -0.25) is 0 Å². The summed E-state index contributed by atoms with van der Waals surface area (Å²) in [7, 11) is 0. The molecular formula is C24H29FN4O2. The van der Waals surface area contributed by atoms with Crippen LogP contribution in [-0.4, -0.2) is 40.4 Å². The van der Waals surface area contributed by atoms with Crippen molar-refractivity contribution in [3.8, 4) is 0 Å². The fourth-order valence-corrected chi connectivity index (χ4v) is 3.98. The average Bonchev–Trinajstić information content (AvgIpc) is 3.07. The average molecular weight is 425 g/mol. The number of nitrogens with one attached hydrogen (secondary N) is 1. The smallest absolute Gasteiger partial charge is 0.407 e. The highest BCUT2D eigenvalue weighted by atomic mass is 19.1. The molecule has 6 nitrogen and oxygen atoms in total. The number of alkyl carbamates (subject to hydrolysis) is 1. The van der Waals surface area contributed by atoms with Crippen LogP contribution in [-0.2, 0) is 11.3 Å². The number of para-hydroxylation sites is 2. The van der Waals surface area contributed by atoms with Crippen molar-refractivity contribution in [2.24, 2.45) is 0 Å². The summed E-state index contributed by atoms with van der Waals surface area (Å²) in [5.74, 6) is 0.618.